The largest absolute Gasteiger partial charge is 0.378 e. The summed E-state index contributed by atoms with van der Waals surface area (Å²) in [4.78, 5) is 12.9. The molecule has 3 atom stereocenters. The lowest BCUT2D eigenvalue weighted by molar-refractivity contribution is 0.102. The molecule has 3 aromatic rings. The van der Waals surface area contributed by atoms with E-state index < -0.39 is 0 Å². The second-order valence-corrected chi connectivity index (χ2v) is 10.5. The molecule has 3 unspecified atom stereocenters. The Balaban J connectivity index is 1.38. The van der Waals surface area contributed by atoms with Crippen molar-refractivity contribution in [3.63, 3.8) is 0 Å². The van der Waals surface area contributed by atoms with Crippen LogP contribution in [-0.4, -0.2) is 5.91 Å². The summed E-state index contributed by atoms with van der Waals surface area (Å²) in [6, 6.07) is 23.3. The van der Waals surface area contributed by atoms with Crippen LogP contribution in [0.4, 0.5) is 11.4 Å². The summed E-state index contributed by atoms with van der Waals surface area (Å²) in [7, 11) is 0. The maximum Gasteiger partial charge on any atom is 0.255 e. The summed E-state index contributed by atoms with van der Waals surface area (Å²) < 4.78 is 0. The van der Waals surface area contributed by atoms with Crippen LogP contribution in [0.2, 0.25) is 0 Å². The molecule has 0 radical (unpaired) electrons. The minimum atomic E-state index is -0.0738. The number of allylic oxidation sites excluding steroid dienone is 2. The molecule has 0 saturated carbocycles. The quantitative estimate of drug-likeness (QED) is 0.421. The van der Waals surface area contributed by atoms with E-state index in [4.69, 9.17) is 0 Å². The predicted molar refractivity (Wildman–Crippen MR) is 137 cm³/mol. The van der Waals surface area contributed by atoms with Crippen LogP contribution in [0.3, 0.4) is 0 Å². The first-order valence-corrected chi connectivity index (χ1v) is 11.9. The summed E-state index contributed by atoms with van der Waals surface area (Å²) in [6.45, 7) is 8.68. The van der Waals surface area contributed by atoms with Crippen molar-refractivity contribution < 1.29 is 4.79 Å². The fraction of sp³-hybridized carbons (Fsp3) is 0.300. The topological polar surface area (TPSA) is 41.1 Å². The van der Waals surface area contributed by atoms with Gasteiger partial charge in [-0.3, -0.25) is 4.79 Å². The van der Waals surface area contributed by atoms with Crippen LogP contribution in [0, 0.1) is 12.8 Å². The highest BCUT2D eigenvalue weighted by atomic mass is 16.1. The highest BCUT2D eigenvalue weighted by Crippen LogP contribution is 2.50. The molecule has 3 aromatic carbocycles. The standard InChI is InChI=1S/C30H32N2O/c1-19-7-5-8-21(17-19)28-25-10-6-9-24(25)26-18-23(15-16-27(26)32-28)31-29(33)20-11-13-22(14-12-20)30(2,3)4/h5-9,11-18,24-25,28,32H,10H2,1-4H3,(H,31,33). The summed E-state index contributed by atoms with van der Waals surface area (Å²) >= 11 is 0. The second kappa shape index (κ2) is 8.22. The number of carbonyl (C=O) groups is 1. The van der Waals surface area contributed by atoms with Gasteiger partial charge in [0.05, 0.1) is 6.04 Å². The van der Waals surface area contributed by atoms with Crippen molar-refractivity contribution in [3.8, 4) is 0 Å². The first-order chi connectivity index (χ1) is 15.8. The second-order valence-electron chi connectivity index (χ2n) is 10.5. The van der Waals surface area contributed by atoms with E-state index in [-0.39, 0.29) is 11.3 Å². The van der Waals surface area contributed by atoms with Gasteiger partial charge in [-0.1, -0.05) is 74.9 Å². The van der Waals surface area contributed by atoms with Gasteiger partial charge in [0.2, 0.25) is 0 Å². The Bertz CT molecular complexity index is 1220. The number of carbonyl (C=O) groups excluding carboxylic acids is 1. The number of nitrogens with one attached hydrogen (secondary N) is 2. The third-order valence-corrected chi connectivity index (χ3v) is 7.04. The van der Waals surface area contributed by atoms with Crippen molar-refractivity contribution in [1.82, 2.24) is 0 Å². The Kier molecular flexibility index (Phi) is 5.36. The van der Waals surface area contributed by atoms with Crippen molar-refractivity contribution in [2.75, 3.05) is 10.6 Å². The van der Waals surface area contributed by atoms with Gasteiger partial charge in [-0.2, -0.15) is 0 Å². The normalized spacial score (nSPS) is 21.2. The van der Waals surface area contributed by atoms with E-state index in [1.165, 1.54) is 22.3 Å². The van der Waals surface area contributed by atoms with Crippen LogP contribution in [0.15, 0.2) is 78.9 Å². The van der Waals surface area contributed by atoms with E-state index in [2.05, 4.69) is 86.9 Å². The molecule has 1 heterocycles. The van der Waals surface area contributed by atoms with Gasteiger partial charge in [-0.25, -0.2) is 0 Å². The van der Waals surface area contributed by atoms with Crippen LogP contribution in [0.5, 0.6) is 0 Å². The Morgan fingerprint density at radius 1 is 1.00 bits per heavy atom. The first kappa shape index (κ1) is 21.5. The molecule has 3 heteroatoms. The monoisotopic (exact) mass is 436 g/mol. The molecule has 0 fully saturated rings. The zero-order valence-corrected chi connectivity index (χ0v) is 19.9. The van der Waals surface area contributed by atoms with Crippen LogP contribution in [0.25, 0.3) is 0 Å². The number of rotatable bonds is 3. The lowest BCUT2D eigenvalue weighted by Crippen LogP contribution is -2.29. The lowest BCUT2D eigenvalue weighted by atomic mass is 9.77. The molecule has 0 aromatic heterocycles. The van der Waals surface area contributed by atoms with Crippen LogP contribution < -0.4 is 10.6 Å². The number of benzene rings is 3. The molecule has 2 aliphatic rings. The molecular weight excluding hydrogens is 404 g/mol. The molecule has 1 amide bonds. The molecule has 0 bridgehead atoms. The summed E-state index contributed by atoms with van der Waals surface area (Å²) in [5.41, 5.74) is 7.86. The lowest BCUT2D eigenvalue weighted by Gasteiger charge is -2.38. The smallest absolute Gasteiger partial charge is 0.255 e. The highest BCUT2D eigenvalue weighted by Gasteiger charge is 2.38. The summed E-state index contributed by atoms with van der Waals surface area (Å²) in [5, 5.41) is 6.90. The van der Waals surface area contributed by atoms with Gasteiger partial charge in [0.1, 0.15) is 0 Å². The Morgan fingerprint density at radius 2 is 1.79 bits per heavy atom. The van der Waals surface area contributed by atoms with Gasteiger partial charge in [0, 0.05) is 22.9 Å². The summed E-state index contributed by atoms with van der Waals surface area (Å²) in [5.74, 6) is 0.764. The molecule has 2 N–H and O–H groups in total. The van der Waals surface area contributed by atoms with Crippen molar-refractivity contribution in [1.29, 1.82) is 0 Å². The number of fused-ring (bicyclic) bond motifs is 3. The van der Waals surface area contributed by atoms with E-state index in [1.807, 2.05) is 30.3 Å². The zero-order chi connectivity index (χ0) is 23.2. The third-order valence-electron chi connectivity index (χ3n) is 7.04. The Hall–Kier alpha value is -3.33. The minimum absolute atomic E-state index is 0.0716. The van der Waals surface area contributed by atoms with E-state index in [1.54, 1.807) is 0 Å². The van der Waals surface area contributed by atoms with Gasteiger partial charge in [-0.05, 0) is 71.7 Å². The molecule has 0 spiro atoms. The average Bonchev–Trinajstić information content (AvgIpc) is 3.28. The van der Waals surface area contributed by atoms with Crippen molar-refractivity contribution in [2.45, 2.75) is 51.5 Å². The number of hydrogen-bond donors (Lipinski definition) is 2. The van der Waals surface area contributed by atoms with Crippen LogP contribution in [0.1, 0.15) is 71.8 Å². The molecule has 3 nitrogen and oxygen atoms in total. The third kappa shape index (κ3) is 4.20. The van der Waals surface area contributed by atoms with Crippen molar-refractivity contribution in [3.05, 3.63) is 107 Å². The van der Waals surface area contributed by atoms with E-state index in [9.17, 15) is 4.79 Å². The average molecular weight is 437 g/mol. The number of aryl methyl sites for hydroxylation is 1. The van der Waals surface area contributed by atoms with Gasteiger partial charge in [0.25, 0.3) is 5.91 Å². The van der Waals surface area contributed by atoms with E-state index in [0.29, 0.717) is 23.4 Å². The minimum Gasteiger partial charge on any atom is -0.378 e. The van der Waals surface area contributed by atoms with Gasteiger partial charge >= 0.3 is 0 Å². The van der Waals surface area contributed by atoms with Gasteiger partial charge in [0.15, 0.2) is 0 Å². The Morgan fingerprint density at radius 3 is 2.52 bits per heavy atom. The first-order valence-electron chi connectivity index (χ1n) is 11.9. The van der Waals surface area contributed by atoms with Crippen LogP contribution >= 0.6 is 0 Å². The molecule has 1 aliphatic carbocycles. The van der Waals surface area contributed by atoms with E-state index >= 15 is 0 Å². The molecule has 0 saturated heterocycles. The van der Waals surface area contributed by atoms with Gasteiger partial charge < -0.3 is 10.6 Å². The number of hydrogen-bond acceptors (Lipinski definition) is 2. The Labute approximate surface area is 196 Å². The predicted octanol–water partition coefficient (Wildman–Crippen LogP) is 7.37. The van der Waals surface area contributed by atoms with Gasteiger partial charge in [-0.15, -0.1) is 0 Å². The fourth-order valence-electron chi connectivity index (χ4n) is 5.19. The fourth-order valence-corrected chi connectivity index (χ4v) is 5.19. The molecule has 33 heavy (non-hydrogen) atoms. The maximum atomic E-state index is 12.9. The SMILES string of the molecule is Cc1cccc(C2Nc3ccc(NC(=O)c4ccc(C(C)(C)C)cc4)cc3C3C=CCC32)c1. The molecular formula is C30H32N2O. The van der Waals surface area contributed by atoms with Crippen molar-refractivity contribution in [2.24, 2.45) is 5.92 Å². The highest BCUT2D eigenvalue weighted by molar-refractivity contribution is 6.04. The molecule has 1 aliphatic heterocycles. The van der Waals surface area contributed by atoms with E-state index in [0.717, 1.165) is 17.8 Å². The number of anilines is 2. The molecule has 5 rings (SSSR count). The number of amides is 1. The van der Waals surface area contributed by atoms with Crippen molar-refractivity contribution >= 4 is 17.3 Å². The van der Waals surface area contributed by atoms with Crippen LogP contribution in [-0.2, 0) is 5.41 Å². The zero-order valence-electron chi connectivity index (χ0n) is 19.9. The summed E-state index contributed by atoms with van der Waals surface area (Å²) in [6.07, 6.45) is 5.70. The molecule has 168 valence electrons. The maximum absolute atomic E-state index is 12.9.